The molecule has 0 radical (unpaired) electrons. The summed E-state index contributed by atoms with van der Waals surface area (Å²) in [6.45, 7) is -0.157. The van der Waals surface area contributed by atoms with E-state index in [2.05, 4.69) is 15.3 Å². The van der Waals surface area contributed by atoms with Gasteiger partial charge in [0.25, 0.3) is 0 Å². The van der Waals surface area contributed by atoms with Gasteiger partial charge in [0.2, 0.25) is 5.28 Å². The Labute approximate surface area is 113 Å². The maximum atomic E-state index is 12.6. The second-order valence-corrected chi connectivity index (χ2v) is 5.01. The van der Waals surface area contributed by atoms with E-state index >= 15 is 0 Å². The molecule has 1 aromatic heterocycles. The summed E-state index contributed by atoms with van der Waals surface area (Å²) in [6.07, 6.45) is -1.37. The zero-order valence-corrected chi connectivity index (χ0v) is 10.7. The average molecular weight is 296 g/mol. The normalized spacial score (nSPS) is 18.6. The summed E-state index contributed by atoms with van der Waals surface area (Å²) in [4.78, 5) is 6.89. The Hall–Kier alpha value is -1.08. The van der Waals surface area contributed by atoms with E-state index in [-0.39, 0.29) is 12.4 Å². The maximum absolute atomic E-state index is 12.6. The number of aliphatic hydroxyl groups is 1. The van der Waals surface area contributed by atoms with Crippen LogP contribution >= 0.6 is 11.6 Å². The van der Waals surface area contributed by atoms with Crippen LogP contribution in [0, 0.1) is 0 Å². The van der Waals surface area contributed by atoms with Crippen molar-refractivity contribution in [3.63, 3.8) is 0 Å². The molecule has 106 valence electrons. The van der Waals surface area contributed by atoms with Gasteiger partial charge in [0.1, 0.15) is 5.82 Å². The Morgan fingerprint density at radius 3 is 2.47 bits per heavy atom. The average Bonchev–Trinajstić information content (AvgIpc) is 2.76. The molecule has 1 aromatic rings. The summed E-state index contributed by atoms with van der Waals surface area (Å²) in [7, 11) is 0. The Morgan fingerprint density at radius 1 is 1.32 bits per heavy atom. The van der Waals surface area contributed by atoms with E-state index in [0.717, 1.165) is 18.9 Å². The molecule has 4 nitrogen and oxygen atoms in total. The van der Waals surface area contributed by atoms with Gasteiger partial charge in [-0.2, -0.15) is 13.2 Å². The minimum Gasteiger partial charge on any atom is -0.394 e. The minimum atomic E-state index is -4.58. The van der Waals surface area contributed by atoms with Crippen molar-refractivity contribution in [1.82, 2.24) is 9.97 Å². The topological polar surface area (TPSA) is 58.0 Å². The van der Waals surface area contributed by atoms with Gasteiger partial charge in [-0.3, -0.25) is 0 Å². The van der Waals surface area contributed by atoms with Crippen LogP contribution < -0.4 is 5.32 Å². The monoisotopic (exact) mass is 295 g/mol. The zero-order valence-electron chi connectivity index (χ0n) is 9.97. The summed E-state index contributed by atoms with van der Waals surface area (Å²) in [5.41, 5.74) is -1.71. The molecule has 0 atom stereocenters. The molecule has 19 heavy (non-hydrogen) atoms. The molecule has 1 aliphatic rings. The molecule has 0 aromatic carbocycles. The van der Waals surface area contributed by atoms with Crippen molar-refractivity contribution >= 4 is 17.4 Å². The number of nitrogens with one attached hydrogen (secondary N) is 1. The Morgan fingerprint density at radius 2 is 1.95 bits per heavy atom. The third kappa shape index (κ3) is 3.27. The van der Waals surface area contributed by atoms with Crippen LogP contribution in [-0.4, -0.2) is 27.2 Å². The quantitative estimate of drug-likeness (QED) is 0.842. The van der Waals surface area contributed by atoms with Crippen molar-refractivity contribution in [2.24, 2.45) is 0 Å². The van der Waals surface area contributed by atoms with E-state index in [1.807, 2.05) is 0 Å². The van der Waals surface area contributed by atoms with Gasteiger partial charge < -0.3 is 10.4 Å². The largest absolute Gasteiger partial charge is 0.433 e. The molecule has 2 N–H and O–H groups in total. The van der Waals surface area contributed by atoms with Crippen LogP contribution in [0.2, 0.25) is 5.28 Å². The van der Waals surface area contributed by atoms with Gasteiger partial charge in [0, 0.05) is 6.07 Å². The van der Waals surface area contributed by atoms with Gasteiger partial charge in [-0.15, -0.1) is 0 Å². The lowest BCUT2D eigenvalue weighted by molar-refractivity contribution is -0.141. The third-order valence-electron chi connectivity index (χ3n) is 3.25. The van der Waals surface area contributed by atoms with Crippen molar-refractivity contribution in [3.05, 3.63) is 17.0 Å². The molecule has 0 amide bonds. The zero-order chi connectivity index (χ0) is 14.1. The molecule has 0 saturated heterocycles. The molecule has 0 unspecified atom stereocenters. The lowest BCUT2D eigenvalue weighted by atomic mass is 9.99. The number of rotatable bonds is 3. The highest BCUT2D eigenvalue weighted by atomic mass is 35.5. The molecule has 2 rings (SSSR count). The van der Waals surface area contributed by atoms with Gasteiger partial charge >= 0.3 is 6.18 Å². The number of hydrogen-bond donors (Lipinski definition) is 2. The standard InChI is InChI=1S/C11H13ClF3N3O/c12-9-16-7(11(13,14)15)5-8(17-9)18-10(6-19)3-1-2-4-10/h5,19H,1-4,6H2,(H,16,17,18). The fourth-order valence-electron chi connectivity index (χ4n) is 2.27. The number of halogens is 4. The first kappa shape index (κ1) is 14.3. The Kier molecular flexibility index (Phi) is 3.87. The lowest BCUT2D eigenvalue weighted by Gasteiger charge is -2.28. The van der Waals surface area contributed by atoms with E-state index in [1.54, 1.807) is 0 Å². The predicted octanol–water partition coefficient (Wildman–Crippen LogP) is 2.87. The number of aliphatic hydroxyl groups excluding tert-OH is 1. The molecule has 1 saturated carbocycles. The molecule has 1 aliphatic carbocycles. The van der Waals surface area contributed by atoms with Crippen molar-refractivity contribution < 1.29 is 18.3 Å². The van der Waals surface area contributed by atoms with E-state index < -0.39 is 22.7 Å². The number of anilines is 1. The second kappa shape index (κ2) is 5.13. The molecule has 0 spiro atoms. The van der Waals surface area contributed by atoms with E-state index in [4.69, 9.17) is 11.6 Å². The van der Waals surface area contributed by atoms with Crippen LogP contribution in [0.15, 0.2) is 6.07 Å². The summed E-state index contributed by atoms with van der Waals surface area (Å²) < 4.78 is 37.8. The highest BCUT2D eigenvalue weighted by molar-refractivity contribution is 6.28. The first-order valence-corrected chi connectivity index (χ1v) is 6.23. The van der Waals surface area contributed by atoms with Crippen molar-refractivity contribution in [2.75, 3.05) is 11.9 Å². The first-order chi connectivity index (χ1) is 8.85. The van der Waals surface area contributed by atoms with Crippen LogP contribution in [0.4, 0.5) is 19.0 Å². The molecule has 8 heteroatoms. The molecular formula is C11H13ClF3N3O. The van der Waals surface area contributed by atoms with Crippen LogP contribution in [0.1, 0.15) is 31.4 Å². The van der Waals surface area contributed by atoms with Gasteiger partial charge in [-0.05, 0) is 24.4 Å². The minimum absolute atomic E-state index is 0.0109. The fraction of sp³-hybridized carbons (Fsp3) is 0.636. The first-order valence-electron chi connectivity index (χ1n) is 5.85. The number of aromatic nitrogens is 2. The summed E-state index contributed by atoms with van der Waals surface area (Å²) in [5, 5.41) is 11.8. The molecule has 0 aliphatic heterocycles. The molecule has 1 heterocycles. The van der Waals surface area contributed by atoms with E-state index in [9.17, 15) is 18.3 Å². The van der Waals surface area contributed by atoms with Gasteiger partial charge in [-0.1, -0.05) is 12.8 Å². The van der Waals surface area contributed by atoms with Gasteiger partial charge in [0.05, 0.1) is 12.1 Å². The maximum Gasteiger partial charge on any atom is 0.433 e. The molecular weight excluding hydrogens is 283 g/mol. The van der Waals surface area contributed by atoms with Gasteiger partial charge in [-0.25, -0.2) is 9.97 Å². The lowest BCUT2D eigenvalue weighted by Crippen LogP contribution is -2.39. The number of hydrogen-bond acceptors (Lipinski definition) is 4. The van der Waals surface area contributed by atoms with Gasteiger partial charge in [0.15, 0.2) is 5.69 Å². The van der Waals surface area contributed by atoms with E-state index in [0.29, 0.717) is 12.8 Å². The Balaban J connectivity index is 2.27. The number of nitrogens with zero attached hydrogens (tertiary/aromatic N) is 2. The molecule has 0 bridgehead atoms. The van der Waals surface area contributed by atoms with Crippen LogP contribution in [-0.2, 0) is 6.18 Å². The SMILES string of the molecule is OCC1(Nc2cc(C(F)(F)F)nc(Cl)n2)CCCC1. The number of alkyl halides is 3. The summed E-state index contributed by atoms with van der Waals surface area (Å²) in [5.74, 6) is -0.0109. The van der Waals surface area contributed by atoms with Crippen LogP contribution in [0.3, 0.4) is 0 Å². The fourth-order valence-corrected chi connectivity index (χ4v) is 2.46. The van der Waals surface area contributed by atoms with E-state index in [1.165, 1.54) is 0 Å². The highest BCUT2D eigenvalue weighted by Crippen LogP contribution is 2.34. The Bertz CT molecular complexity index is 461. The highest BCUT2D eigenvalue weighted by Gasteiger charge is 2.36. The second-order valence-electron chi connectivity index (χ2n) is 4.68. The smallest absolute Gasteiger partial charge is 0.394 e. The van der Waals surface area contributed by atoms with Crippen molar-refractivity contribution in [1.29, 1.82) is 0 Å². The van der Waals surface area contributed by atoms with Crippen LogP contribution in [0.5, 0.6) is 0 Å². The summed E-state index contributed by atoms with van der Waals surface area (Å²) in [6, 6.07) is 0.807. The third-order valence-corrected chi connectivity index (χ3v) is 3.41. The van der Waals surface area contributed by atoms with Crippen LogP contribution in [0.25, 0.3) is 0 Å². The molecule has 1 fully saturated rings. The van der Waals surface area contributed by atoms with Crippen molar-refractivity contribution in [3.8, 4) is 0 Å². The summed E-state index contributed by atoms with van der Waals surface area (Å²) >= 11 is 5.51. The van der Waals surface area contributed by atoms with Crippen molar-refractivity contribution in [2.45, 2.75) is 37.4 Å². The predicted molar refractivity (Wildman–Crippen MR) is 64.0 cm³/mol.